The number of carbonyl (C=O) groups excluding carboxylic acids is 2. The minimum absolute atomic E-state index is 0.0954. The summed E-state index contributed by atoms with van der Waals surface area (Å²) in [6.07, 6.45) is 1.76. The molecule has 0 fully saturated rings. The van der Waals surface area contributed by atoms with Gasteiger partial charge in [0.05, 0.1) is 12.1 Å². The van der Waals surface area contributed by atoms with Crippen LogP contribution in [0.15, 0.2) is 85.1 Å². The second-order valence-electron chi connectivity index (χ2n) is 8.67. The van der Waals surface area contributed by atoms with E-state index in [1.165, 1.54) is 4.90 Å². The molecule has 37 heavy (non-hydrogen) atoms. The van der Waals surface area contributed by atoms with Crippen molar-refractivity contribution in [2.75, 3.05) is 31.6 Å². The van der Waals surface area contributed by atoms with Crippen LogP contribution in [0.2, 0.25) is 0 Å². The lowest BCUT2D eigenvalue weighted by Crippen LogP contribution is -2.38. The van der Waals surface area contributed by atoms with E-state index in [-0.39, 0.29) is 18.4 Å². The molecule has 8 nitrogen and oxygen atoms in total. The maximum Gasteiger partial charge on any atom is 0.258 e. The molecular formula is C29H28N4O4. The van der Waals surface area contributed by atoms with Gasteiger partial charge in [-0.05, 0) is 24.6 Å². The van der Waals surface area contributed by atoms with Crippen molar-refractivity contribution in [2.24, 2.45) is 0 Å². The number of benzene rings is 3. The molecule has 1 aromatic heterocycles. The van der Waals surface area contributed by atoms with E-state index >= 15 is 0 Å². The zero-order valence-electron chi connectivity index (χ0n) is 20.6. The fourth-order valence-electron chi connectivity index (χ4n) is 4.23. The molecule has 2 heterocycles. The first-order valence-electron chi connectivity index (χ1n) is 12.3. The van der Waals surface area contributed by atoms with Crippen molar-refractivity contribution < 1.29 is 19.1 Å². The van der Waals surface area contributed by atoms with E-state index in [0.717, 1.165) is 11.1 Å². The number of nitrogens with one attached hydrogen (secondary N) is 1. The van der Waals surface area contributed by atoms with Crippen LogP contribution in [0.1, 0.15) is 22.8 Å². The highest BCUT2D eigenvalue weighted by molar-refractivity contribution is 6.02. The van der Waals surface area contributed by atoms with Gasteiger partial charge in [-0.2, -0.15) is 5.10 Å². The average Bonchev–Trinajstić information content (AvgIpc) is 3.36. The van der Waals surface area contributed by atoms with Crippen molar-refractivity contribution in [1.82, 2.24) is 14.7 Å². The van der Waals surface area contributed by atoms with Gasteiger partial charge >= 0.3 is 0 Å². The predicted octanol–water partition coefficient (Wildman–Crippen LogP) is 4.47. The van der Waals surface area contributed by atoms with E-state index in [2.05, 4.69) is 5.32 Å². The second kappa shape index (κ2) is 11.0. The minimum Gasteiger partial charge on any atom is -0.486 e. The molecule has 1 aliphatic heterocycles. The van der Waals surface area contributed by atoms with Crippen LogP contribution in [-0.2, 0) is 11.3 Å². The summed E-state index contributed by atoms with van der Waals surface area (Å²) < 4.78 is 12.9. The summed E-state index contributed by atoms with van der Waals surface area (Å²) >= 11 is 0. The third kappa shape index (κ3) is 5.64. The summed E-state index contributed by atoms with van der Waals surface area (Å²) in [7, 11) is 0. The Morgan fingerprint density at radius 3 is 2.38 bits per heavy atom. The fourth-order valence-corrected chi connectivity index (χ4v) is 4.23. The van der Waals surface area contributed by atoms with Gasteiger partial charge in [-0.15, -0.1) is 0 Å². The highest BCUT2D eigenvalue weighted by Crippen LogP contribution is 2.32. The van der Waals surface area contributed by atoms with Crippen LogP contribution in [0.5, 0.6) is 11.5 Å². The van der Waals surface area contributed by atoms with Gasteiger partial charge in [-0.1, -0.05) is 60.7 Å². The first-order valence-corrected chi connectivity index (χ1v) is 12.3. The number of aromatic nitrogens is 2. The molecule has 0 bridgehead atoms. The molecule has 0 unspecified atom stereocenters. The Balaban J connectivity index is 1.35. The van der Waals surface area contributed by atoms with Crippen molar-refractivity contribution in [3.8, 4) is 22.8 Å². The Labute approximate surface area is 215 Å². The van der Waals surface area contributed by atoms with Crippen molar-refractivity contribution in [3.63, 3.8) is 0 Å². The van der Waals surface area contributed by atoms with Gasteiger partial charge < -0.3 is 19.7 Å². The second-order valence-corrected chi connectivity index (χ2v) is 8.67. The maximum atomic E-state index is 13.7. The zero-order chi connectivity index (χ0) is 25.6. The summed E-state index contributed by atoms with van der Waals surface area (Å²) in [4.78, 5) is 28.1. The number of fused-ring (bicyclic) bond motifs is 1. The third-order valence-electron chi connectivity index (χ3n) is 6.06. The molecule has 0 saturated carbocycles. The molecule has 0 atom stereocenters. The summed E-state index contributed by atoms with van der Waals surface area (Å²) in [5.41, 5.74) is 3.55. The molecule has 4 aromatic rings. The molecule has 0 spiro atoms. The van der Waals surface area contributed by atoms with Gasteiger partial charge in [0.25, 0.3) is 5.91 Å². The van der Waals surface area contributed by atoms with E-state index in [0.29, 0.717) is 54.7 Å². The Hall–Kier alpha value is -4.59. The summed E-state index contributed by atoms with van der Waals surface area (Å²) in [5.74, 6) is 0.684. The van der Waals surface area contributed by atoms with Gasteiger partial charge in [0.2, 0.25) is 5.91 Å². The number of hydrogen-bond acceptors (Lipinski definition) is 5. The van der Waals surface area contributed by atoms with Crippen molar-refractivity contribution in [2.45, 2.75) is 13.5 Å². The van der Waals surface area contributed by atoms with Crippen LogP contribution in [0.25, 0.3) is 11.3 Å². The minimum atomic E-state index is -0.301. The lowest BCUT2D eigenvalue weighted by molar-refractivity contribution is -0.116. The zero-order valence-corrected chi connectivity index (χ0v) is 20.6. The molecule has 188 valence electrons. The van der Waals surface area contributed by atoms with Crippen molar-refractivity contribution in [1.29, 1.82) is 0 Å². The Kier molecular flexibility index (Phi) is 7.16. The molecule has 1 N–H and O–H groups in total. The van der Waals surface area contributed by atoms with Crippen LogP contribution in [0.3, 0.4) is 0 Å². The molecule has 2 amide bonds. The standard InChI is InChI=1S/C29H28N4O4/c1-2-32(20-27(34)30-23-13-14-25-26(17-23)37-16-15-36-25)29(35)24-19-33(18-21-9-5-3-6-10-21)31-28(24)22-11-7-4-8-12-22/h3-14,17,19H,2,15-16,18,20H2,1H3,(H,30,34). The monoisotopic (exact) mass is 496 g/mol. The topological polar surface area (TPSA) is 85.7 Å². The highest BCUT2D eigenvalue weighted by atomic mass is 16.6. The third-order valence-corrected chi connectivity index (χ3v) is 6.06. The number of rotatable bonds is 8. The van der Waals surface area contributed by atoms with E-state index in [1.54, 1.807) is 29.1 Å². The number of likely N-dealkylation sites (N-methyl/N-ethyl adjacent to an activating group) is 1. The van der Waals surface area contributed by atoms with Gasteiger partial charge in [0.1, 0.15) is 25.5 Å². The van der Waals surface area contributed by atoms with E-state index in [9.17, 15) is 9.59 Å². The predicted molar refractivity (Wildman–Crippen MR) is 141 cm³/mol. The van der Waals surface area contributed by atoms with Gasteiger partial charge in [-0.3, -0.25) is 14.3 Å². The lowest BCUT2D eigenvalue weighted by Gasteiger charge is -2.21. The molecule has 5 rings (SSSR count). The Morgan fingerprint density at radius 2 is 1.65 bits per heavy atom. The molecule has 8 heteroatoms. The molecule has 0 aliphatic carbocycles. The number of ether oxygens (including phenoxy) is 2. The van der Waals surface area contributed by atoms with Gasteiger partial charge in [0.15, 0.2) is 11.5 Å². The smallest absolute Gasteiger partial charge is 0.258 e. The first kappa shape index (κ1) is 24.1. The largest absolute Gasteiger partial charge is 0.486 e. The maximum absolute atomic E-state index is 13.7. The van der Waals surface area contributed by atoms with E-state index in [4.69, 9.17) is 14.6 Å². The van der Waals surface area contributed by atoms with Gasteiger partial charge in [-0.25, -0.2) is 0 Å². The van der Waals surface area contributed by atoms with Crippen molar-refractivity contribution >= 4 is 17.5 Å². The number of nitrogens with zero attached hydrogens (tertiary/aromatic N) is 3. The number of anilines is 1. The normalized spacial score (nSPS) is 12.1. The van der Waals surface area contributed by atoms with E-state index < -0.39 is 0 Å². The highest BCUT2D eigenvalue weighted by Gasteiger charge is 2.24. The van der Waals surface area contributed by atoms with Crippen molar-refractivity contribution in [3.05, 3.63) is 96.2 Å². The Bertz CT molecular complexity index is 1390. The Morgan fingerprint density at radius 1 is 0.946 bits per heavy atom. The molecule has 0 radical (unpaired) electrons. The molecule has 3 aromatic carbocycles. The summed E-state index contributed by atoms with van der Waals surface area (Å²) in [5, 5.41) is 7.60. The number of hydrogen-bond donors (Lipinski definition) is 1. The van der Waals surface area contributed by atoms with Gasteiger partial charge in [0, 0.05) is 30.1 Å². The van der Waals surface area contributed by atoms with Crippen LogP contribution in [0, 0.1) is 0 Å². The average molecular weight is 497 g/mol. The van der Waals surface area contributed by atoms with Crippen LogP contribution in [-0.4, -0.2) is 52.8 Å². The first-order chi connectivity index (χ1) is 18.1. The SMILES string of the molecule is CCN(CC(=O)Nc1ccc2c(c1)OCCO2)C(=O)c1cn(Cc2ccccc2)nc1-c1ccccc1. The molecular weight excluding hydrogens is 468 g/mol. The summed E-state index contributed by atoms with van der Waals surface area (Å²) in [6.45, 7) is 3.62. The van der Waals surface area contributed by atoms with E-state index in [1.807, 2.05) is 67.6 Å². The fraction of sp³-hybridized carbons (Fsp3) is 0.207. The number of carbonyl (C=O) groups is 2. The number of amides is 2. The quantitative estimate of drug-likeness (QED) is 0.389. The van der Waals surface area contributed by atoms with Crippen LogP contribution in [0.4, 0.5) is 5.69 Å². The van der Waals surface area contributed by atoms with Crippen LogP contribution < -0.4 is 14.8 Å². The molecule has 0 saturated heterocycles. The molecule has 1 aliphatic rings. The lowest BCUT2D eigenvalue weighted by atomic mass is 10.1. The summed E-state index contributed by atoms with van der Waals surface area (Å²) in [6, 6.07) is 24.8. The van der Waals surface area contributed by atoms with Crippen LogP contribution >= 0.6 is 0 Å².